The maximum absolute atomic E-state index is 10.9. The number of carbonyl (C=O) groups is 1. The first-order valence-corrected chi connectivity index (χ1v) is 4.91. The average Bonchev–Trinajstić information content (AvgIpc) is 2.39. The number of likely N-dealkylation sites (tertiary alicyclic amines) is 1. The van der Waals surface area contributed by atoms with E-state index in [1.807, 2.05) is 13.8 Å². The Morgan fingerprint density at radius 3 is 2.79 bits per heavy atom. The molecule has 1 amide bonds. The Labute approximate surface area is 84.2 Å². The monoisotopic (exact) mass is 201 g/mol. The third-order valence-corrected chi connectivity index (χ3v) is 3.07. The third kappa shape index (κ3) is 2.23. The minimum Gasteiger partial charge on any atom is -0.391 e. The van der Waals surface area contributed by atoms with Crippen molar-refractivity contribution in [3.05, 3.63) is 0 Å². The van der Waals surface area contributed by atoms with Gasteiger partial charge in [-0.3, -0.25) is 15.1 Å². The first-order chi connectivity index (χ1) is 6.48. The van der Waals surface area contributed by atoms with Crippen LogP contribution in [-0.4, -0.2) is 40.6 Å². The molecule has 5 heteroatoms. The molecule has 0 aliphatic carbocycles. The Morgan fingerprint density at radius 1 is 1.71 bits per heavy atom. The van der Waals surface area contributed by atoms with Gasteiger partial charge in [0.05, 0.1) is 6.10 Å². The maximum Gasteiger partial charge on any atom is 0.235 e. The summed E-state index contributed by atoms with van der Waals surface area (Å²) in [5.74, 6) is 4.82. The van der Waals surface area contributed by atoms with Crippen LogP contribution in [0, 0.1) is 0 Å². The van der Waals surface area contributed by atoms with Crippen LogP contribution in [0.4, 0.5) is 0 Å². The molecule has 1 fully saturated rings. The molecule has 0 saturated carbocycles. The van der Waals surface area contributed by atoms with Gasteiger partial charge in [-0.2, -0.15) is 0 Å². The largest absolute Gasteiger partial charge is 0.391 e. The molecule has 1 rings (SSSR count). The lowest BCUT2D eigenvalue weighted by atomic mass is 9.99. The zero-order valence-corrected chi connectivity index (χ0v) is 8.79. The van der Waals surface area contributed by atoms with E-state index in [2.05, 4.69) is 10.3 Å². The van der Waals surface area contributed by atoms with Gasteiger partial charge in [-0.15, -0.1) is 0 Å². The lowest BCUT2D eigenvalue weighted by molar-refractivity contribution is -0.121. The third-order valence-electron chi connectivity index (χ3n) is 3.07. The molecule has 1 heterocycles. The highest BCUT2D eigenvalue weighted by Gasteiger charge is 2.39. The number of carbonyl (C=O) groups excluding carboxylic acids is 1. The lowest BCUT2D eigenvalue weighted by Gasteiger charge is -2.33. The predicted molar refractivity (Wildman–Crippen MR) is 53.2 cm³/mol. The van der Waals surface area contributed by atoms with E-state index in [1.54, 1.807) is 0 Å². The van der Waals surface area contributed by atoms with Crippen LogP contribution in [0.3, 0.4) is 0 Å². The van der Waals surface area contributed by atoms with Crippen molar-refractivity contribution in [2.75, 3.05) is 13.1 Å². The van der Waals surface area contributed by atoms with Gasteiger partial charge >= 0.3 is 0 Å². The lowest BCUT2D eigenvalue weighted by Crippen LogP contribution is -2.46. The standard InChI is InChI=1S/C9H19N3O2/c1-9(2)7(13)3-5-12(9)6-4-8(14)11-10/h7,13H,3-6,10H2,1-2H3,(H,11,14). The Balaban J connectivity index is 2.42. The molecule has 82 valence electrons. The number of aliphatic hydroxyl groups is 1. The molecular weight excluding hydrogens is 182 g/mol. The Bertz CT molecular complexity index is 218. The van der Waals surface area contributed by atoms with Crippen molar-refractivity contribution in [3.63, 3.8) is 0 Å². The van der Waals surface area contributed by atoms with Crippen molar-refractivity contribution in [1.29, 1.82) is 0 Å². The highest BCUT2D eigenvalue weighted by atomic mass is 16.3. The molecule has 0 bridgehead atoms. The van der Waals surface area contributed by atoms with Crippen LogP contribution in [0.1, 0.15) is 26.7 Å². The Morgan fingerprint density at radius 2 is 2.36 bits per heavy atom. The van der Waals surface area contributed by atoms with Gasteiger partial charge < -0.3 is 5.11 Å². The number of rotatable bonds is 3. The summed E-state index contributed by atoms with van der Waals surface area (Å²) in [6.45, 7) is 5.47. The van der Waals surface area contributed by atoms with Crippen molar-refractivity contribution in [3.8, 4) is 0 Å². The van der Waals surface area contributed by atoms with Gasteiger partial charge in [0.25, 0.3) is 0 Å². The molecule has 1 saturated heterocycles. The molecular formula is C9H19N3O2. The summed E-state index contributed by atoms with van der Waals surface area (Å²) in [5.41, 5.74) is 1.87. The van der Waals surface area contributed by atoms with Crippen LogP contribution in [0.15, 0.2) is 0 Å². The second kappa shape index (κ2) is 4.25. The number of nitrogens with one attached hydrogen (secondary N) is 1. The molecule has 5 nitrogen and oxygen atoms in total. The van der Waals surface area contributed by atoms with Gasteiger partial charge in [0, 0.05) is 25.0 Å². The van der Waals surface area contributed by atoms with E-state index in [0.717, 1.165) is 13.0 Å². The molecule has 0 aromatic carbocycles. The Hall–Kier alpha value is -0.650. The second-order valence-corrected chi connectivity index (χ2v) is 4.26. The fourth-order valence-corrected chi connectivity index (χ4v) is 1.84. The quantitative estimate of drug-likeness (QED) is 0.318. The molecule has 0 radical (unpaired) electrons. The van der Waals surface area contributed by atoms with Crippen LogP contribution in [-0.2, 0) is 4.79 Å². The summed E-state index contributed by atoms with van der Waals surface area (Å²) in [7, 11) is 0. The highest BCUT2D eigenvalue weighted by molar-refractivity contribution is 5.75. The number of hydrogen-bond donors (Lipinski definition) is 3. The zero-order chi connectivity index (χ0) is 10.8. The number of amides is 1. The van der Waals surface area contributed by atoms with Gasteiger partial charge in [-0.05, 0) is 20.3 Å². The summed E-state index contributed by atoms with van der Waals surface area (Å²) in [5, 5.41) is 9.68. The number of nitrogens with two attached hydrogens (primary N) is 1. The molecule has 1 aliphatic heterocycles. The normalized spacial score (nSPS) is 26.4. The molecule has 1 unspecified atom stereocenters. The minimum absolute atomic E-state index is 0.165. The molecule has 0 aromatic rings. The van der Waals surface area contributed by atoms with Gasteiger partial charge in [-0.25, -0.2) is 5.84 Å². The second-order valence-electron chi connectivity index (χ2n) is 4.26. The zero-order valence-electron chi connectivity index (χ0n) is 8.79. The number of nitrogens with zero attached hydrogens (tertiary/aromatic N) is 1. The average molecular weight is 201 g/mol. The van der Waals surface area contributed by atoms with Gasteiger partial charge in [0.1, 0.15) is 0 Å². The van der Waals surface area contributed by atoms with Crippen molar-refractivity contribution in [1.82, 2.24) is 10.3 Å². The van der Waals surface area contributed by atoms with Crippen molar-refractivity contribution in [2.24, 2.45) is 5.84 Å². The minimum atomic E-state index is -0.302. The van der Waals surface area contributed by atoms with Gasteiger partial charge in [0.2, 0.25) is 5.91 Å². The van der Waals surface area contributed by atoms with E-state index >= 15 is 0 Å². The van der Waals surface area contributed by atoms with E-state index in [4.69, 9.17) is 5.84 Å². The fraction of sp³-hybridized carbons (Fsp3) is 0.889. The number of aliphatic hydroxyl groups excluding tert-OH is 1. The molecule has 4 N–H and O–H groups in total. The predicted octanol–water partition coefficient (Wildman–Crippen LogP) is -0.788. The smallest absolute Gasteiger partial charge is 0.235 e. The SMILES string of the molecule is CC1(C)C(O)CCN1CCC(=O)NN. The first-order valence-electron chi connectivity index (χ1n) is 4.91. The molecule has 1 aliphatic rings. The molecule has 0 spiro atoms. The van der Waals surface area contributed by atoms with Crippen LogP contribution in [0.2, 0.25) is 0 Å². The maximum atomic E-state index is 10.9. The summed E-state index contributed by atoms with van der Waals surface area (Å²) in [4.78, 5) is 13.1. The van der Waals surface area contributed by atoms with Crippen molar-refractivity contribution in [2.45, 2.75) is 38.3 Å². The Kier molecular flexibility index (Phi) is 3.47. The molecule has 14 heavy (non-hydrogen) atoms. The summed E-state index contributed by atoms with van der Waals surface area (Å²) >= 11 is 0. The number of hydrazine groups is 1. The van der Waals surface area contributed by atoms with Gasteiger partial charge in [0.15, 0.2) is 0 Å². The van der Waals surface area contributed by atoms with Crippen molar-refractivity contribution >= 4 is 5.91 Å². The van der Waals surface area contributed by atoms with Crippen LogP contribution < -0.4 is 11.3 Å². The highest BCUT2D eigenvalue weighted by Crippen LogP contribution is 2.28. The summed E-state index contributed by atoms with van der Waals surface area (Å²) in [6, 6.07) is 0. The van der Waals surface area contributed by atoms with Crippen molar-refractivity contribution < 1.29 is 9.90 Å². The van der Waals surface area contributed by atoms with E-state index in [1.165, 1.54) is 0 Å². The van der Waals surface area contributed by atoms with E-state index in [0.29, 0.717) is 13.0 Å². The first kappa shape index (κ1) is 11.4. The van der Waals surface area contributed by atoms with Gasteiger partial charge in [-0.1, -0.05) is 0 Å². The van der Waals surface area contributed by atoms with E-state index in [-0.39, 0.29) is 17.6 Å². The van der Waals surface area contributed by atoms with Crippen LogP contribution >= 0.6 is 0 Å². The molecule has 1 atom stereocenters. The van der Waals surface area contributed by atoms with Crippen LogP contribution in [0.5, 0.6) is 0 Å². The van der Waals surface area contributed by atoms with E-state index < -0.39 is 0 Å². The molecule has 0 aromatic heterocycles. The topological polar surface area (TPSA) is 78.6 Å². The fourth-order valence-electron chi connectivity index (χ4n) is 1.84. The van der Waals surface area contributed by atoms with E-state index in [9.17, 15) is 9.90 Å². The number of hydrogen-bond acceptors (Lipinski definition) is 4. The van der Waals surface area contributed by atoms with Crippen LogP contribution in [0.25, 0.3) is 0 Å². The summed E-state index contributed by atoms with van der Waals surface area (Å²) < 4.78 is 0. The summed E-state index contributed by atoms with van der Waals surface area (Å²) in [6.07, 6.45) is 0.854.